The number of nitrogens with one attached hydrogen (secondary N) is 1. The Morgan fingerprint density at radius 1 is 0.963 bits per heavy atom. The lowest BCUT2D eigenvalue weighted by molar-refractivity contribution is 0.354. The van der Waals surface area contributed by atoms with E-state index in [2.05, 4.69) is 16.4 Å². The number of aromatic nitrogens is 1. The van der Waals surface area contributed by atoms with E-state index in [0.29, 0.717) is 29.4 Å². The number of rotatable bonds is 7. The minimum atomic E-state index is 0.531. The first kappa shape index (κ1) is 18.3. The van der Waals surface area contributed by atoms with Crippen molar-refractivity contribution in [2.24, 2.45) is 0 Å². The van der Waals surface area contributed by atoms with Crippen LogP contribution in [0.3, 0.4) is 0 Å². The molecule has 0 aliphatic carbocycles. The van der Waals surface area contributed by atoms with E-state index in [-0.39, 0.29) is 0 Å². The van der Waals surface area contributed by atoms with Gasteiger partial charge >= 0.3 is 0 Å². The van der Waals surface area contributed by atoms with E-state index >= 15 is 0 Å². The van der Waals surface area contributed by atoms with Crippen molar-refractivity contribution < 1.29 is 9.47 Å². The zero-order valence-corrected chi connectivity index (χ0v) is 15.4. The fourth-order valence-electron chi connectivity index (χ4n) is 2.84. The molecule has 0 saturated carbocycles. The summed E-state index contributed by atoms with van der Waals surface area (Å²) in [5.74, 6) is 2.01. The maximum atomic E-state index is 9.47. The highest BCUT2D eigenvalue weighted by Gasteiger charge is 2.08. The zero-order valence-electron chi connectivity index (χ0n) is 15.4. The lowest BCUT2D eigenvalue weighted by Gasteiger charge is -2.11. The van der Waals surface area contributed by atoms with Crippen LogP contribution in [0.1, 0.15) is 11.1 Å². The monoisotopic (exact) mass is 359 g/mol. The summed E-state index contributed by atoms with van der Waals surface area (Å²) in [5, 5.41) is 12.7. The molecule has 1 heterocycles. The molecule has 0 saturated heterocycles. The summed E-state index contributed by atoms with van der Waals surface area (Å²) >= 11 is 0. The average molecular weight is 359 g/mol. The molecule has 0 fully saturated rings. The Kier molecular flexibility index (Phi) is 5.91. The Bertz CT molecular complexity index is 950. The van der Waals surface area contributed by atoms with Gasteiger partial charge in [0.15, 0.2) is 11.5 Å². The first-order chi connectivity index (χ1) is 13.2. The molecular weight excluding hydrogens is 338 g/mol. The highest BCUT2D eigenvalue weighted by Crippen LogP contribution is 2.28. The SMILES string of the molecule is COc1ccc(CCNc2ncc(-c3ccccc3)cc2C#N)cc1OC. The van der Waals surface area contributed by atoms with E-state index < -0.39 is 0 Å². The summed E-state index contributed by atoms with van der Waals surface area (Å²) in [6, 6.07) is 19.8. The molecule has 27 heavy (non-hydrogen) atoms. The molecule has 0 amide bonds. The zero-order chi connectivity index (χ0) is 19.1. The smallest absolute Gasteiger partial charge is 0.160 e. The Balaban J connectivity index is 1.69. The second-order valence-corrected chi connectivity index (χ2v) is 5.96. The second-order valence-electron chi connectivity index (χ2n) is 5.96. The van der Waals surface area contributed by atoms with Gasteiger partial charge < -0.3 is 14.8 Å². The number of anilines is 1. The van der Waals surface area contributed by atoms with Crippen LogP contribution in [0.15, 0.2) is 60.8 Å². The van der Waals surface area contributed by atoms with Gasteiger partial charge in [-0.3, -0.25) is 0 Å². The quantitative estimate of drug-likeness (QED) is 0.681. The molecule has 0 spiro atoms. The molecule has 2 aromatic carbocycles. The topological polar surface area (TPSA) is 67.2 Å². The third-order valence-electron chi connectivity index (χ3n) is 4.27. The molecule has 0 aliphatic heterocycles. The number of benzene rings is 2. The maximum absolute atomic E-state index is 9.47. The van der Waals surface area contributed by atoms with Gasteiger partial charge in [0.05, 0.1) is 19.8 Å². The third kappa shape index (κ3) is 4.36. The van der Waals surface area contributed by atoms with Gasteiger partial charge in [-0.2, -0.15) is 5.26 Å². The van der Waals surface area contributed by atoms with Crippen molar-refractivity contribution in [1.29, 1.82) is 5.26 Å². The summed E-state index contributed by atoms with van der Waals surface area (Å²) < 4.78 is 10.6. The number of ether oxygens (including phenoxy) is 2. The van der Waals surface area contributed by atoms with E-state index in [0.717, 1.165) is 23.1 Å². The maximum Gasteiger partial charge on any atom is 0.160 e. The number of hydrogen-bond acceptors (Lipinski definition) is 5. The van der Waals surface area contributed by atoms with Crippen LogP contribution in [-0.2, 0) is 6.42 Å². The van der Waals surface area contributed by atoms with Crippen LogP contribution < -0.4 is 14.8 Å². The fourth-order valence-corrected chi connectivity index (χ4v) is 2.84. The van der Waals surface area contributed by atoms with Crippen LogP contribution >= 0.6 is 0 Å². The number of hydrogen-bond donors (Lipinski definition) is 1. The van der Waals surface area contributed by atoms with Crippen molar-refractivity contribution in [3.8, 4) is 28.7 Å². The molecule has 0 aliphatic rings. The molecular formula is C22H21N3O2. The number of nitrogens with zero attached hydrogens (tertiary/aromatic N) is 2. The first-order valence-corrected chi connectivity index (χ1v) is 8.65. The fraction of sp³-hybridized carbons (Fsp3) is 0.182. The lowest BCUT2D eigenvalue weighted by Crippen LogP contribution is -2.08. The van der Waals surface area contributed by atoms with Gasteiger partial charge in [0.25, 0.3) is 0 Å². The molecule has 0 radical (unpaired) electrons. The normalized spacial score (nSPS) is 10.1. The molecule has 0 bridgehead atoms. The lowest BCUT2D eigenvalue weighted by atomic mass is 10.1. The van der Waals surface area contributed by atoms with E-state index in [1.807, 2.05) is 54.6 Å². The van der Waals surface area contributed by atoms with E-state index in [9.17, 15) is 5.26 Å². The van der Waals surface area contributed by atoms with Crippen molar-refractivity contribution in [2.75, 3.05) is 26.1 Å². The van der Waals surface area contributed by atoms with Gasteiger partial charge in [-0.05, 0) is 35.7 Å². The molecule has 3 aromatic rings. The van der Waals surface area contributed by atoms with Gasteiger partial charge in [-0.25, -0.2) is 4.98 Å². The van der Waals surface area contributed by atoms with Crippen molar-refractivity contribution in [3.63, 3.8) is 0 Å². The summed E-state index contributed by atoms with van der Waals surface area (Å²) in [4.78, 5) is 4.44. The van der Waals surface area contributed by atoms with Crippen molar-refractivity contribution >= 4 is 5.82 Å². The molecule has 0 unspecified atom stereocenters. The highest BCUT2D eigenvalue weighted by molar-refractivity contribution is 5.67. The van der Waals surface area contributed by atoms with E-state index in [4.69, 9.17) is 9.47 Å². The Hall–Kier alpha value is -3.52. The van der Waals surface area contributed by atoms with Gasteiger partial charge in [-0.15, -0.1) is 0 Å². The van der Waals surface area contributed by atoms with Crippen LogP contribution in [0.2, 0.25) is 0 Å². The third-order valence-corrected chi connectivity index (χ3v) is 4.27. The summed E-state index contributed by atoms with van der Waals surface area (Å²) in [5.41, 5.74) is 3.61. The molecule has 136 valence electrons. The summed E-state index contributed by atoms with van der Waals surface area (Å²) in [7, 11) is 3.24. The summed E-state index contributed by atoms with van der Waals surface area (Å²) in [6.45, 7) is 0.655. The van der Waals surface area contributed by atoms with Crippen LogP contribution in [-0.4, -0.2) is 25.7 Å². The predicted molar refractivity (Wildman–Crippen MR) is 106 cm³/mol. The minimum Gasteiger partial charge on any atom is -0.493 e. The molecule has 1 aromatic heterocycles. The molecule has 0 atom stereocenters. The molecule has 1 N–H and O–H groups in total. The van der Waals surface area contributed by atoms with Crippen molar-refractivity contribution in [2.45, 2.75) is 6.42 Å². The highest BCUT2D eigenvalue weighted by atomic mass is 16.5. The van der Waals surface area contributed by atoms with E-state index in [1.165, 1.54) is 0 Å². The Morgan fingerprint density at radius 2 is 1.74 bits per heavy atom. The Labute approximate surface area is 159 Å². The number of nitriles is 1. The first-order valence-electron chi connectivity index (χ1n) is 8.65. The van der Waals surface area contributed by atoms with Crippen LogP contribution in [0.4, 0.5) is 5.82 Å². The summed E-state index contributed by atoms with van der Waals surface area (Å²) in [6.07, 6.45) is 2.56. The van der Waals surface area contributed by atoms with Crippen LogP contribution in [0.25, 0.3) is 11.1 Å². The van der Waals surface area contributed by atoms with Gasteiger partial charge in [-0.1, -0.05) is 36.4 Å². The van der Waals surface area contributed by atoms with Crippen molar-refractivity contribution in [3.05, 3.63) is 71.9 Å². The largest absolute Gasteiger partial charge is 0.493 e. The van der Waals surface area contributed by atoms with Gasteiger partial charge in [0, 0.05) is 18.3 Å². The van der Waals surface area contributed by atoms with Gasteiger partial charge in [0.2, 0.25) is 0 Å². The standard InChI is InChI=1S/C22H21N3O2/c1-26-20-9-8-16(12-21(20)27-2)10-11-24-22-18(14-23)13-19(15-25-22)17-6-4-3-5-7-17/h3-9,12-13,15H,10-11H2,1-2H3,(H,24,25). The predicted octanol–water partition coefficient (Wildman–Crippen LogP) is 4.29. The van der Waals surface area contributed by atoms with Crippen LogP contribution in [0.5, 0.6) is 11.5 Å². The number of pyridine rings is 1. The molecule has 3 rings (SSSR count). The minimum absolute atomic E-state index is 0.531. The average Bonchev–Trinajstić information content (AvgIpc) is 2.74. The van der Waals surface area contributed by atoms with Gasteiger partial charge in [0.1, 0.15) is 11.9 Å². The van der Waals surface area contributed by atoms with Crippen LogP contribution in [0, 0.1) is 11.3 Å². The molecule has 5 heteroatoms. The van der Waals surface area contributed by atoms with Crippen molar-refractivity contribution in [1.82, 2.24) is 4.98 Å². The van der Waals surface area contributed by atoms with E-state index in [1.54, 1.807) is 20.4 Å². The Morgan fingerprint density at radius 3 is 2.44 bits per heavy atom. The second kappa shape index (κ2) is 8.72. The molecule has 5 nitrogen and oxygen atoms in total. The number of methoxy groups -OCH3 is 2.